The summed E-state index contributed by atoms with van der Waals surface area (Å²) in [6, 6.07) is 10.1. The van der Waals surface area contributed by atoms with E-state index < -0.39 is 0 Å². The van der Waals surface area contributed by atoms with Gasteiger partial charge in [-0.25, -0.2) is 4.98 Å². The third kappa shape index (κ3) is 2.52. The van der Waals surface area contributed by atoms with Crippen LogP contribution in [0.5, 0.6) is 5.75 Å². The van der Waals surface area contributed by atoms with E-state index in [2.05, 4.69) is 30.4 Å². The van der Waals surface area contributed by atoms with Crippen LogP contribution in [0.25, 0.3) is 16.9 Å². The van der Waals surface area contributed by atoms with Crippen molar-refractivity contribution in [2.24, 2.45) is 0 Å². The smallest absolute Gasteiger partial charge is 0.140 e. The molecular weight excluding hydrogens is 274 g/mol. The molecule has 2 N–H and O–H groups in total. The molecule has 0 unspecified atom stereocenters. The molecule has 0 aliphatic rings. The van der Waals surface area contributed by atoms with Gasteiger partial charge < -0.3 is 14.9 Å². The predicted molar refractivity (Wildman–Crippen MR) is 90.3 cm³/mol. The van der Waals surface area contributed by atoms with Gasteiger partial charge in [0, 0.05) is 23.1 Å². The van der Waals surface area contributed by atoms with Gasteiger partial charge in [0.2, 0.25) is 0 Å². The maximum Gasteiger partial charge on any atom is 0.140 e. The summed E-state index contributed by atoms with van der Waals surface area (Å²) in [7, 11) is 0. The number of anilines is 1. The van der Waals surface area contributed by atoms with E-state index in [1.165, 1.54) is 0 Å². The minimum absolute atomic E-state index is 0.741. The largest absolute Gasteiger partial charge is 0.494 e. The lowest BCUT2D eigenvalue weighted by molar-refractivity contribution is 0.317. The van der Waals surface area contributed by atoms with Crippen LogP contribution in [-0.2, 0) is 0 Å². The second kappa shape index (κ2) is 5.72. The van der Waals surface area contributed by atoms with Crippen LogP contribution in [-0.4, -0.2) is 16.0 Å². The van der Waals surface area contributed by atoms with Crippen molar-refractivity contribution in [1.29, 1.82) is 0 Å². The monoisotopic (exact) mass is 295 g/mol. The highest BCUT2D eigenvalue weighted by atomic mass is 16.5. The van der Waals surface area contributed by atoms with Crippen LogP contribution in [0, 0.1) is 13.8 Å². The molecule has 0 spiro atoms. The SMILES string of the molecule is CCCOc1ccc(-c2nc3c(C)cc(N)cn3c2C)cc1. The highest BCUT2D eigenvalue weighted by Gasteiger charge is 2.12. The van der Waals surface area contributed by atoms with Gasteiger partial charge in [-0.2, -0.15) is 0 Å². The summed E-state index contributed by atoms with van der Waals surface area (Å²) >= 11 is 0. The van der Waals surface area contributed by atoms with Gasteiger partial charge in [0.25, 0.3) is 0 Å². The Kier molecular flexibility index (Phi) is 3.75. The topological polar surface area (TPSA) is 52.5 Å². The zero-order chi connectivity index (χ0) is 15.7. The molecule has 0 atom stereocenters. The maximum atomic E-state index is 5.94. The number of aromatic nitrogens is 2. The average Bonchev–Trinajstić information content (AvgIpc) is 2.83. The Balaban J connectivity index is 2.03. The van der Waals surface area contributed by atoms with Crippen molar-refractivity contribution in [1.82, 2.24) is 9.38 Å². The fourth-order valence-electron chi connectivity index (χ4n) is 2.65. The number of nitrogens with zero attached hydrogens (tertiary/aromatic N) is 2. The molecule has 0 fully saturated rings. The Morgan fingerprint density at radius 3 is 2.59 bits per heavy atom. The number of rotatable bonds is 4. The number of nitrogens with two attached hydrogens (primary N) is 1. The van der Waals surface area contributed by atoms with Crippen LogP contribution >= 0.6 is 0 Å². The number of fused-ring (bicyclic) bond motifs is 1. The summed E-state index contributed by atoms with van der Waals surface area (Å²) in [5, 5.41) is 0. The molecule has 2 heterocycles. The molecule has 0 saturated heterocycles. The van der Waals surface area contributed by atoms with Crippen molar-refractivity contribution in [2.45, 2.75) is 27.2 Å². The van der Waals surface area contributed by atoms with Crippen molar-refractivity contribution < 1.29 is 4.74 Å². The van der Waals surface area contributed by atoms with E-state index in [0.29, 0.717) is 0 Å². The molecule has 1 aromatic carbocycles. The first-order chi connectivity index (χ1) is 10.6. The van der Waals surface area contributed by atoms with Gasteiger partial charge in [-0.1, -0.05) is 6.92 Å². The first-order valence-corrected chi connectivity index (χ1v) is 7.58. The maximum absolute atomic E-state index is 5.94. The van der Waals surface area contributed by atoms with E-state index in [4.69, 9.17) is 15.5 Å². The van der Waals surface area contributed by atoms with Crippen LogP contribution in [0.4, 0.5) is 5.69 Å². The minimum Gasteiger partial charge on any atom is -0.494 e. The number of benzene rings is 1. The van der Waals surface area contributed by atoms with Crippen LogP contribution in [0.2, 0.25) is 0 Å². The van der Waals surface area contributed by atoms with Gasteiger partial charge in [0.1, 0.15) is 11.4 Å². The first-order valence-electron chi connectivity index (χ1n) is 7.58. The van der Waals surface area contributed by atoms with E-state index in [-0.39, 0.29) is 0 Å². The Labute approximate surface area is 130 Å². The Morgan fingerprint density at radius 1 is 1.18 bits per heavy atom. The molecule has 22 heavy (non-hydrogen) atoms. The minimum atomic E-state index is 0.741. The van der Waals surface area contributed by atoms with Gasteiger partial charge in [-0.15, -0.1) is 0 Å². The molecule has 0 radical (unpaired) electrons. The summed E-state index contributed by atoms with van der Waals surface area (Å²) in [5.74, 6) is 0.896. The Bertz CT molecular complexity index is 803. The molecule has 114 valence electrons. The van der Waals surface area contributed by atoms with Gasteiger partial charge in [0.05, 0.1) is 12.3 Å². The van der Waals surface area contributed by atoms with Crippen LogP contribution < -0.4 is 10.5 Å². The quantitative estimate of drug-likeness (QED) is 0.792. The Morgan fingerprint density at radius 2 is 1.91 bits per heavy atom. The number of pyridine rings is 1. The van der Waals surface area contributed by atoms with Crippen molar-refractivity contribution >= 4 is 11.3 Å². The zero-order valence-corrected chi connectivity index (χ0v) is 13.3. The molecule has 0 aliphatic carbocycles. The average molecular weight is 295 g/mol. The molecule has 3 aromatic rings. The lowest BCUT2D eigenvalue weighted by atomic mass is 10.1. The van der Waals surface area contributed by atoms with Crippen molar-refractivity contribution in [2.75, 3.05) is 12.3 Å². The standard InChI is InChI=1S/C18H21N3O/c1-4-9-22-16-7-5-14(6-8-16)17-13(3)21-11-15(19)10-12(2)18(21)20-17/h5-8,10-11H,4,9,19H2,1-3H3. The number of hydrogen-bond donors (Lipinski definition) is 1. The third-order valence-electron chi connectivity index (χ3n) is 3.76. The summed E-state index contributed by atoms with van der Waals surface area (Å²) in [4.78, 5) is 4.78. The highest BCUT2D eigenvalue weighted by molar-refractivity contribution is 5.69. The second-order valence-electron chi connectivity index (χ2n) is 5.57. The lowest BCUT2D eigenvalue weighted by Crippen LogP contribution is -1.95. The second-order valence-corrected chi connectivity index (χ2v) is 5.57. The van der Waals surface area contributed by atoms with Gasteiger partial charge >= 0.3 is 0 Å². The summed E-state index contributed by atoms with van der Waals surface area (Å²) < 4.78 is 7.68. The molecule has 0 aliphatic heterocycles. The van der Waals surface area contributed by atoms with E-state index in [1.807, 2.05) is 31.3 Å². The molecule has 4 heteroatoms. The molecular formula is C18H21N3O. The fourth-order valence-corrected chi connectivity index (χ4v) is 2.65. The summed E-state index contributed by atoms with van der Waals surface area (Å²) in [5.41, 5.74) is 11.9. The molecule has 2 aromatic heterocycles. The highest BCUT2D eigenvalue weighted by Crippen LogP contribution is 2.27. The number of imidazole rings is 1. The molecule has 0 amide bonds. The van der Waals surface area contributed by atoms with E-state index >= 15 is 0 Å². The predicted octanol–water partition coefficient (Wildman–Crippen LogP) is 3.99. The Hall–Kier alpha value is -2.49. The van der Waals surface area contributed by atoms with E-state index in [1.54, 1.807) is 0 Å². The van der Waals surface area contributed by atoms with Gasteiger partial charge in [-0.05, 0) is 56.2 Å². The molecule has 4 nitrogen and oxygen atoms in total. The van der Waals surface area contributed by atoms with E-state index in [9.17, 15) is 0 Å². The number of aryl methyl sites for hydroxylation is 2. The first kappa shape index (κ1) is 14.4. The molecule has 0 bridgehead atoms. The summed E-state index contributed by atoms with van der Waals surface area (Å²) in [6.07, 6.45) is 2.93. The number of hydrogen-bond acceptors (Lipinski definition) is 3. The van der Waals surface area contributed by atoms with Gasteiger partial charge in [-0.3, -0.25) is 0 Å². The van der Waals surface area contributed by atoms with Gasteiger partial charge in [0.15, 0.2) is 0 Å². The van der Waals surface area contributed by atoms with E-state index in [0.717, 1.165) is 52.6 Å². The molecule has 0 saturated carbocycles. The lowest BCUT2D eigenvalue weighted by Gasteiger charge is -2.05. The number of nitrogen functional groups attached to an aromatic ring is 1. The number of ether oxygens (including phenoxy) is 1. The van der Waals surface area contributed by atoms with Crippen molar-refractivity contribution in [3.63, 3.8) is 0 Å². The zero-order valence-electron chi connectivity index (χ0n) is 13.3. The van der Waals surface area contributed by atoms with Crippen LogP contribution in [0.3, 0.4) is 0 Å². The summed E-state index contributed by atoms with van der Waals surface area (Å²) in [6.45, 7) is 6.94. The third-order valence-corrected chi connectivity index (χ3v) is 3.76. The van der Waals surface area contributed by atoms with Crippen LogP contribution in [0.1, 0.15) is 24.6 Å². The fraction of sp³-hybridized carbons (Fsp3) is 0.278. The van der Waals surface area contributed by atoms with Crippen molar-refractivity contribution in [3.05, 3.63) is 47.8 Å². The van der Waals surface area contributed by atoms with Crippen LogP contribution in [0.15, 0.2) is 36.5 Å². The molecule has 3 rings (SSSR count). The normalized spacial score (nSPS) is 11.0. The van der Waals surface area contributed by atoms with Crippen molar-refractivity contribution in [3.8, 4) is 17.0 Å².